The van der Waals surface area contributed by atoms with Crippen molar-refractivity contribution < 1.29 is 0 Å². The first-order valence-electron chi connectivity index (χ1n) is 25.0. The van der Waals surface area contributed by atoms with Crippen molar-refractivity contribution in [3.05, 3.63) is 288 Å². The minimum absolute atomic E-state index is 0.943. The molecule has 0 saturated heterocycles. The third-order valence-electron chi connectivity index (χ3n) is 15.7. The number of fused-ring (bicyclic) bond motifs is 6. The molecule has 0 amide bonds. The van der Waals surface area contributed by atoms with Crippen molar-refractivity contribution in [1.82, 2.24) is 0 Å². The average molecular weight is 917 g/mol. The predicted octanol–water partition coefficient (Wildman–Crippen LogP) is 15.2. The van der Waals surface area contributed by atoms with Crippen LogP contribution in [0.4, 0.5) is 0 Å². The summed E-state index contributed by atoms with van der Waals surface area (Å²) in [4.78, 5) is 0. The molecule has 1 heteroatoms. The van der Waals surface area contributed by atoms with Gasteiger partial charge < -0.3 is 0 Å². The van der Waals surface area contributed by atoms with Gasteiger partial charge in [-0.05, 0) is 143 Å². The van der Waals surface area contributed by atoms with Crippen LogP contribution in [-0.4, -0.2) is 8.07 Å². The highest BCUT2D eigenvalue weighted by atomic mass is 28.3. The van der Waals surface area contributed by atoms with Crippen LogP contribution in [0.1, 0.15) is 33.4 Å². The van der Waals surface area contributed by atoms with Gasteiger partial charge in [0.25, 0.3) is 0 Å². The lowest BCUT2D eigenvalue weighted by atomic mass is 9.85. The Morgan fingerprint density at radius 3 is 0.817 bits per heavy atom. The molecule has 0 heterocycles. The molecule has 0 saturated carbocycles. The van der Waals surface area contributed by atoms with Crippen molar-refractivity contribution in [2.45, 2.75) is 12.8 Å². The van der Waals surface area contributed by atoms with Gasteiger partial charge in [0.05, 0.1) is 0 Å². The SMILES string of the molecule is C1=C(c2c3ccccc3c(-c3ccc([Si](c4ccccc4)(c4ccccc4)c4ccc(-c5c6ccccc6c(C6=Cc7ccccc7C6)c6ccccc56)cc4)cc3)c3ccccc23)Cc2ccccc21. The summed E-state index contributed by atoms with van der Waals surface area (Å²) in [7, 11) is -2.89. The zero-order valence-corrected chi connectivity index (χ0v) is 40.3. The largest absolute Gasteiger partial charge is 0.179 e. The Kier molecular flexibility index (Phi) is 9.79. The molecule has 0 fully saturated rings. The van der Waals surface area contributed by atoms with E-state index in [0.717, 1.165) is 12.8 Å². The van der Waals surface area contributed by atoms with Gasteiger partial charge in [-0.15, -0.1) is 0 Å². The van der Waals surface area contributed by atoms with Crippen molar-refractivity contribution in [3.63, 3.8) is 0 Å². The fourth-order valence-corrected chi connectivity index (χ4v) is 17.3. The summed E-state index contributed by atoms with van der Waals surface area (Å²) in [5.41, 5.74) is 16.0. The third kappa shape index (κ3) is 6.58. The first kappa shape index (κ1) is 41.4. The van der Waals surface area contributed by atoms with Gasteiger partial charge >= 0.3 is 0 Å². The van der Waals surface area contributed by atoms with Crippen LogP contribution < -0.4 is 20.7 Å². The van der Waals surface area contributed by atoms with Crippen LogP contribution >= 0.6 is 0 Å². The van der Waals surface area contributed by atoms with Gasteiger partial charge in [-0.2, -0.15) is 0 Å². The Hall–Kier alpha value is -8.62. The van der Waals surface area contributed by atoms with E-state index >= 15 is 0 Å². The molecule has 2 aliphatic rings. The minimum atomic E-state index is -2.89. The Morgan fingerprint density at radius 1 is 0.225 bits per heavy atom. The maximum absolute atomic E-state index is 2.89. The first-order chi connectivity index (χ1) is 35.2. The van der Waals surface area contributed by atoms with Crippen LogP contribution in [0.2, 0.25) is 0 Å². The lowest BCUT2D eigenvalue weighted by Gasteiger charge is -2.34. The second-order valence-electron chi connectivity index (χ2n) is 19.4. The third-order valence-corrected chi connectivity index (χ3v) is 20.5. The fourth-order valence-electron chi connectivity index (χ4n) is 12.6. The second kappa shape index (κ2) is 16.8. The molecule has 0 atom stereocenters. The van der Waals surface area contributed by atoms with E-state index in [-0.39, 0.29) is 0 Å². The highest BCUT2D eigenvalue weighted by Gasteiger charge is 2.41. The molecule has 12 aromatic carbocycles. The normalized spacial score (nSPS) is 13.1. The van der Waals surface area contributed by atoms with Crippen LogP contribution in [-0.2, 0) is 12.8 Å². The lowest BCUT2D eigenvalue weighted by Crippen LogP contribution is -2.74. The first-order valence-corrected chi connectivity index (χ1v) is 27.0. The van der Waals surface area contributed by atoms with Crippen LogP contribution in [0.3, 0.4) is 0 Å². The molecule has 71 heavy (non-hydrogen) atoms. The summed E-state index contributed by atoms with van der Waals surface area (Å²) in [6.07, 6.45) is 6.71. The Morgan fingerprint density at radius 2 is 0.493 bits per heavy atom. The summed E-state index contributed by atoms with van der Waals surface area (Å²) in [6, 6.07) is 96.1. The number of allylic oxidation sites excluding steroid dienone is 2. The van der Waals surface area contributed by atoms with Gasteiger partial charge in [-0.3, -0.25) is 0 Å². The highest BCUT2D eigenvalue weighted by molar-refractivity contribution is 7.19. The number of hydrogen-bond donors (Lipinski definition) is 0. The lowest BCUT2D eigenvalue weighted by molar-refractivity contribution is 1.33. The van der Waals surface area contributed by atoms with E-state index in [9.17, 15) is 0 Å². The van der Waals surface area contributed by atoms with Gasteiger partial charge in [0.2, 0.25) is 0 Å². The smallest absolute Gasteiger partial charge is 0.0623 e. The molecule has 0 spiro atoms. The van der Waals surface area contributed by atoms with Gasteiger partial charge in [-0.1, -0.05) is 267 Å². The maximum atomic E-state index is 2.46. The molecule has 0 bridgehead atoms. The van der Waals surface area contributed by atoms with Gasteiger partial charge in [0, 0.05) is 0 Å². The number of hydrogen-bond acceptors (Lipinski definition) is 0. The summed E-state index contributed by atoms with van der Waals surface area (Å²) in [5, 5.41) is 15.8. The molecule has 332 valence electrons. The number of benzene rings is 12. The molecule has 0 N–H and O–H groups in total. The van der Waals surface area contributed by atoms with Crippen molar-refractivity contribution in [1.29, 1.82) is 0 Å². The summed E-state index contributed by atoms with van der Waals surface area (Å²) >= 11 is 0. The maximum Gasteiger partial charge on any atom is 0.179 e. The van der Waals surface area contributed by atoms with Gasteiger partial charge in [0.1, 0.15) is 0 Å². The quantitative estimate of drug-likeness (QED) is 0.0809. The zero-order chi connectivity index (χ0) is 46.9. The summed E-state index contributed by atoms with van der Waals surface area (Å²) in [6.45, 7) is 0. The van der Waals surface area contributed by atoms with Crippen LogP contribution in [0.25, 0.3) is 88.6 Å². The van der Waals surface area contributed by atoms with Crippen molar-refractivity contribution in [2.24, 2.45) is 0 Å². The van der Waals surface area contributed by atoms with E-state index in [0.29, 0.717) is 0 Å². The van der Waals surface area contributed by atoms with E-state index < -0.39 is 8.07 Å². The van der Waals surface area contributed by atoms with Crippen LogP contribution in [0.5, 0.6) is 0 Å². The molecule has 0 aromatic heterocycles. The fraction of sp³-hybridized carbons (Fsp3) is 0.0286. The van der Waals surface area contributed by atoms with Crippen LogP contribution in [0.15, 0.2) is 255 Å². The van der Waals surface area contributed by atoms with Crippen molar-refractivity contribution >= 4 is 95.2 Å². The molecule has 0 radical (unpaired) electrons. The molecule has 0 aliphatic heterocycles. The Bertz CT molecular complexity index is 3740. The Balaban J connectivity index is 0.937. The van der Waals surface area contributed by atoms with Crippen LogP contribution in [0, 0.1) is 0 Å². The van der Waals surface area contributed by atoms with E-state index in [4.69, 9.17) is 0 Å². The van der Waals surface area contributed by atoms with E-state index in [2.05, 4.69) is 267 Å². The molecular formula is C70H48Si. The molecule has 0 nitrogen and oxygen atoms in total. The molecule has 2 aliphatic carbocycles. The van der Waals surface area contributed by atoms with Gasteiger partial charge in [-0.25, -0.2) is 0 Å². The van der Waals surface area contributed by atoms with E-state index in [1.807, 2.05) is 0 Å². The summed E-state index contributed by atoms with van der Waals surface area (Å²) < 4.78 is 0. The molecular weight excluding hydrogens is 869 g/mol. The number of rotatable bonds is 8. The predicted molar refractivity (Wildman–Crippen MR) is 307 cm³/mol. The molecule has 14 rings (SSSR count). The van der Waals surface area contributed by atoms with E-state index in [1.165, 1.54) is 131 Å². The zero-order valence-electron chi connectivity index (χ0n) is 39.3. The highest BCUT2D eigenvalue weighted by Crippen LogP contribution is 2.46. The minimum Gasteiger partial charge on any atom is -0.0623 e. The van der Waals surface area contributed by atoms with Crippen molar-refractivity contribution in [3.8, 4) is 22.3 Å². The standard InChI is InChI=1S/C70H48Si/c1-3-23-55(24-4-1)71(56-25-5-2-6-26-56,57-39-35-47(36-40-57)67-59-27-11-15-31-63(59)69(64-32-16-12-28-60(64)67)53-43-49-19-7-8-20-50(49)44-53)58-41-37-48(38-42-58)68-61-29-13-17-33-65(61)70(66-34-18-14-30-62(66)68)54-45-51-21-9-10-22-52(51)46-54/h1-43,45H,44,46H2. The molecule has 12 aromatic rings. The Labute approximate surface area is 416 Å². The second-order valence-corrected chi connectivity index (χ2v) is 23.2. The monoisotopic (exact) mass is 916 g/mol. The van der Waals surface area contributed by atoms with E-state index in [1.54, 1.807) is 0 Å². The van der Waals surface area contributed by atoms with Crippen molar-refractivity contribution in [2.75, 3.05) is 0 Å². The average Bonchev–Trinajstić information content (AvgIpc) is 4.08. The van der Waals surface area contributed by atoms with Gasteiger partial charge in [0.15, 0.2) is 8.07 Å². The summed E-state index contributed by atoms with van der Waals surface area (Å²) in [5.74, 6) is 0. The topological polar surface area (TPSA) is 0 Å². The molecule has 0 unspecified atom stereocenters.